The first kappa shape index (κ1) is 17.9. The summed E-state index contributed by atoms with van der Waals surface area (Å²) in [5.74, 6) is -0.284. The van der Waals surface area contributed by atoms with E-state index in [1.54, 1.807) is 12.1 Å². The Balaban J connectivity index is 1.49. The fourth-order valence-electron chi connectivity index (χ4n) is 3.39. The number of carbonyl (C=O) groups is 1. The molecule has 0 saturated carbocycles. The topological polar surface area (TPSA) is 77.7 Å². The molecule has 4 rings (SSSR count). The van der Waals surface area contributed by atoms with Crippen molar-refractivity contribution in [1.82, 2.24) is 21.5 Å². The number of amides is 1. The number of fused-ring (bicyclic) bond motifs is 1. The molecule has 4 N–H and O–H groups in total. The molecule has 7 nitrogen and oxygen atoms in total. The van der Waals surface area contributed by atoms with Crippen LogP contribution in [-0.4, -0.2) is 23.6 Å². The molecular weight excluding hydrogens is 349 g/mol. The van der Waals surface area contributed by atoms with Crippen molar-refractivity contribution in [3.05, 3.63) is 59.4 Å². The van der Waals surface area contributed by atoms with Crippen LogP contribution in [0.2, 0.25) is 0 Å². The summed E-state index contributed by atoms with van der Waals surface area (Å²) in [6.07, 6.45) is -0.357. The zero-order valence-electron chi connectivity index (χ0n) is 15.1. The van der Waals surface area contributed by atoms with Gasteiger partial charge in [0.25, 0.3) is 0 Å². The number of halogens is 1. The molecule has 0 aliphatic carbocycles. The average Bonchev–Trinajstić information content (AvgIpc) is 3.29. The fourth-order valence-corrected chi connectivity index (χ4v) is 3.39. The van der Waals surface area contributed by atoms with E-state index < -0.39 is 11.7 Å². The van der Waals surface area contributed by atoms with E-state index in [0.29, 0.717) is 17.9 Å². The van der Waals surface area contributed by atoms with Crippen LogP contribution in [0.4, 0.5) is 10.1 Å². The number of benzene rings is 2. The summed E-state index contributed by atoms with van der Waals surface area (Å²) in [6, 6.07) is 12.3. The quantitative estimate of drug-likeness (QED) is 0.660. The highest BCUT2D eigenvalue weighted by Gasteiger charge is 2.31. The Morgan fingerprint density at radius 3 is 2.85 bits per heavy atom. The van der Waals surface area contributed by atoms with E-state index in [2.05, 4.69) is 21.8 Å². The van der Waals surface area contributed by atoms with Crippen molar-refractivity contribution in [2.75, 3.05) is 11.9 Å². The molecule has 1 saturated heterocycles. The lowest BCUT2D eigenvalue weighted by Gasteiger charge is -2.26. The second kappa shape index (κ2) is 7.24. The zero-order valence-corrected chi connectivity index (χ0v) is 15.1. The van der Waals surface area contributed by atoms with Crippen LogP contribution in [0.25, 0.3) is 0 Å². The average molecular weight is 371 g/mol. The Bertz CT molecular complexity index is 860. The molecule has 2 atom stereocenters. The summed E-state index contributed by atoms with van der Waals surface area (Å²) in [5.41, 5.74) is 10.5. The van der Waals surface area contributed by atoms with Crippen molar-refractivity contribution in [2.45, 2.75) is 32.0 Å². The third-order valence-corrected chi connectivity index (χ3v) is 4.81. The van der Waals surface area contributed by atoms with E-state index in [1.165, 1.54) is 6.07 Å². The SMILES string of the molecule is CC(C)N1NNNC1c1ccc(NC(=O)C2COc3ccccc32)cc1F. The third kappa shape index (κ3) is 3.40. The number of nitrogens with zero attached hydrogens (tertiary/aromatic N) is 1. The van der Waals surface area contributed by atoms with E-state index >= 15 is 0 Å². The van der Waals surface area contributed by atoms with Crippen molar-refractivity contribution in [3.8, 4) is 5.75 Å². The molecule has 2 aliphatic rings. The predicted octanol–water partition coefficient (Wildman–Crippen LogP) is 2.18. The molecule has 1 amide bonds. The summed E-state index contributed by atoms with van der Waals surface area (Å²) in [6.45, 7) is 4.30. The molecule has 2 heterocycles. The van der Waals surface area contributed by atoms with Crippen LogP contribution in [0.15, 0.2) is 42.5 Å². The van der Waals surface area contributed by atoms with Crippen LogP contribution < -0.4 is 26.5 Å². The molecule has 27 heavy (non-hydrogen) atoms. The second-order valence-electron chi connectivity index (χ2n) is 6.91. The van der Waals surface area contributed by atoms with Gasteiger partial charge in [0.2, 0.25) is 5.91 Å². The molecule has 2 aromatic carbocycles. The molecule has 0 spiro atoms. The first-order valence-electron chi connectivity index (χ1n) is 8.91. The smallest absolute Gasteiger partial charge is 0.235 e. The number of anilines is 1. The van der Waals surface area contributed by atoms with Gasteiger partial charge in [0, 0.05) is 22.9 Å². The molecular formula is C19H22FN5O2. The van der Waals surface area contributed by atoms with Gasteiger partial charge in [0.1, 0.15) is 30.3 Å². The van der Waals surface area contributed by atoms with Gasteiger partial charge in [0.05, 0.1) is 0 Å². The van der Waals surface area contributed by atoms with Crippen molar-refractivity contribution < 1.29 is 13.9 Å². The van der Waals surface area contributed by atoms with Crippen LogP contribution in [0.1, 0.15) is 37.1 Å². The van der Waals surface area contributed by atoms with Gasteiger partial charge in [-0.2, -0.15) is 11.1 Å². The summed E-state index contributed by atoms with van der Waals surface area (Å²) in [5, 5.41) is 4.66. The molecule has 142 valence electrons. The van der Waals surface area contributed by atoms with Crippen LogP contribution in [0.3, 0.4) is 0 Å². The van der Waals surface area contributed by atoms with Gasteiger partial charge in [-0.1, -0.05) is 24.3 Å². The summed E-state index contributed by atoms with van der Waals surface area (Å²) >= 11 is 0. The number of hydrogen-bond acceptors (Lipinski definition) is 6. The predicted molar refractivity (Wildman–Crippen MR) is 98.8 cm³/mol. The molecule has 8 heteroatoms. The van der Waals surface area contributed by atoms with Gasteiger partial charge in [0.15, 0.2) is 0 Å². The minimum Gasteiger partial charge on any atom is -0.492 e. The minimum absolute atomic E-state index is 0.152. The zero-order chi connectivity index (χ0) is 19.0. The minimum atomic E-state index is -0.399. The first-order chi connectivity index (χ1) is 13.0. The summed E-state index contributed by atoms with van der Waals surface area (Å²) in [7, 11) is 0. The van der Waals surface area contributed by atoms with E-state index in [-0.39, 0.29) is 18.1 Å². The molecule has 0 bridgehead atoms. The summed E-state index contributed by atoms with van der Waals surface area (Å²) < 4.78 is 20.3. The Kier molecular flexibility index (Phi) is 4.79. The monoisotopic (exact) mass is 371 g/mol. The number of carbonyl (C=O) groups excluding carboxylic acids is 1. The molecule has 1 fully saturated rings. The normalized spacial score (nSPS) is 21.9. The highest BCUT2D eigenvalue weighted by atomic mass is 19.1. The Morgan fingerprint density at radius 1 is 1.26 bits per heavy atom. The maximum Gasteiger partial charge on any atom is 0.235 e. The van der Waals surface area contributed by atoms with E-state index in [4.69, 9.17) is 4.74 Å². The summed E-state index contributed by atoms with van der Waals surface area (Å²) in [4.78, 5) is 12.6. The highest BCUT2D eigenvalue weighted by Crippen LogP contribution is 2.34. The highest BCUT2D eigenvalue weighted by molar-refractivity contribution is 5.96. The number of rotatable bonds is 4. The lowest BCUT2D eigenvalue weighted by Crippen LogP contribution is -2.41. The molecule has 0 aromatic heterocycles. The molecule has 2 aromatic rings. The number of nitrogens with one attached hydrogen (secondary N) is 4. The molecule has 0 radical (unpaired) electrons. The second-order valence-corrected chi connectivity index (χ2v) is 6.91. The van der Waals surface area contributed by atoms with Crippen molar-refractivity contribution in [2.24, 2.45) is 0 Å². The number of para-hydroxylation sites is 1. The molecule has 2 aliphatic heterocycles. The third-order valence-electron chi connectivity index (χ3n) is 4.81. The Hall–Kier alpha value is -2.52. The number of ether oxygens (including phenoxy) is 1. The van der Waals surface area contributed by atoms with Gasteiger partial charge in [-0.25, -0.2) is 14.8 Å². The Morgan fingerprint density at radius 2 is 2.07 bits per heavy atom. The van der Waals surface area contributed by atoms with Crippen molar-refractivity contribution >= 4 is 11.6 Å². The van der Waals surface area contributed by atoms with Gasteiger partial charge in [-0.15, -0.1) is 0 Å². The van der Waals surface area contributed by atoms with E-state index in [0.717, 1.165) is 11.3 Å². The van der Waals surface area contributed by atoms with Gasteiger partial charge >= 0.3 is 0 Å². The first-order valence-corrected chi connectivity index (χ1v) is 8.91. The largest absolute Gasteiger partial charge is 0.492 e. The number of hydrogen-bond donors (Lipinski definition) is 4. The van der Waals surface area contributed by atoms with E-state index in [1.807, 2.05) is 43.1 Å². The van der Waals surface area contributed by atoms with Crippen LogP contribution in [0, 0.1) is 5.82 Å². The van der Waals surface area contributed by atoms with E-state index in [9.17, 15) is 9.18 Å². The van der Waals surface area contributed by atoms with Crippen LogP contribution in [0.5, 0.6) is 5.75 Å². The Labute approximate surface area is 156 Å². The van der Waals surface area contributed by atoms with Crippen molar-refractivity contribution in [1.29, 1.82) is 0 Å². The number of hydrazine groups is 3. The lowest BCUT2D eigenvalue weighted by atomic mass is 10.0. The van der Waals surface area contributed by atoms with Crippen molar-refractivity contribution in [3.63, 3.8) is 0 Å². The lowest BCUT2D eigenvalue weighted by molar-refractivity contribution is -0.117. The maximum absolute atomic E-state index is 14.7. The van der Waals surface area contributed by atoms with Crippen LogP contribution in [-0.2, 0) is 4.79 Å². The standard InChI is InChI=1S/C19H22FN5O2/c1-11(2)25-18(22-23-24-25)14-8-7-12(9-16(14)20)21-19(26)15-10-27-17-6-4-3-5-13(15)17/h3-9,11,15,18,22-24H,10H2,1-2H3,(H,21,26). The molecule has 2 unspecified atom stereocenters. The van der Waals surface area contributed by atoms with Gasteiger partial charge in [-0.3, -0.25) is 4.79 Å². The van der Waals surface area contributed by atoms with Gasteiger partial charge in [-0.05, 0) is 32.0 Å². The van der Waals surface area contributed by atoms with Gasteiger partial charge < -0.3 is 10.1 Å². The fraction of sp³-hybridized carbons (Fsp3) is 0.316. The van der Waals surface area contributed by atoms with Crippen LogP contribution >= 0.6 is 0 Å². The maximum atomic E-state index is 14.7.